The van der Waals surface area contributed by atoms with Gasteiger partial charge in [0.2, 0.25) is 5.91 Å². The summed E-state index contributed by atoms with van der Waals surface area (Å²) in [7, 11) is 2.04. The highest BCUT2D eigenvalue weighted by Crippen LogP contribution is 2.30. The molecule has 0 saturated heterocycles. The van der Waals surface area contributed by atoms with Gasteiger partial charge in [0.05, 0.1) is 6.42 Å². The van der Waals surface area contributed by atoms with Crippen molar-refractivity contribution < 1.29 is 4.79 Å². The number of rotatable bonds is 6. The molecule has 1 amide bonds. The Labute approximate surface area is 139 Å². The van der Waals surface area contributed by atoms with Crippen molar-refractivity contribution in [2.24, 2.45) is 13.0 Å². The fourth-order valence-corrected chi connectivity index (χ4v) is 4.04. The number of unbranched alkanes of at least 4 members (excludes halogenated alkanes) is 1. The number of para-hydroxylation sites is 1. The second kappa shape index (κ2) is 7.20. The molecule has 1 aromatic heterocycles. The first-order chi connectivity index (χ1) is 11.2. The number of hydrogen-bond acceptors (Lipinski definition) is 1. The highest BCUT2D eigenvalue weighted by atomic mass is 16.1. The first-order valence-corrected chi connectivity index (χ1v) is 9.01. The molecule has 1 aromatic carbocycles. The monoisotopic (exact) mass is 312 g/mol. The number of benzene rings is 1. The molecule has 0 bridgehead atoms. The number of nitrogens with one attached hydrogen (secondary N) is 1. The summed E-state index contributed by atoms with van der Waals surface area (Å²) in [5, 5.41) is 4.51. The number of amides is 1. The van der Waals surface area contributed by atoms with Crippen LogP contribution in [0.25, 0.3) is 10.9 Å². The van der Waals surface area contributed by atoms with Crippen molar-refractivity contribution in [1.82, 2.24) is 9.88 Å². The van der Waals surface area contributed by atoms with E-state index in [0.717, 1.165) is 12.0 Å². The van der Waals surface area contributed by atoms with E-state index >= 15 is 0 Å². The summed E-state index contributed by atoms with van der Waals surface area (Å²) in [6.07, 6.45) is 10.0. The van der Waals surface area contributed by atoms with Gasteiger partial charge in [-0.25, -0.2) is 0 Å². The zero-order valence-electron chi connectivity index (χ0n) is 14.3. The number of carbonyl (C=O) groups excluding carboxylic acids is 1. The minimum Gasteiger partial charge on any atom is -0.353 e. The molecular formula is C20H28N2O. The summed E-state index contributed by atoms with van der Waals surface area (Å²) >= 11 is 0. The van der Waals surface area contributed by atoms with Gasteiger partial charge in [0.1, 0.15) is 0 Å². The van der Waals surface area contributed by atoms with Crippen LogP contribution in [0.2, 0.25) is 0 Å². The van der Waals surface area contributed by atoms with Gasteiger partial charge in [0.25, 0.3) is 0 Å². The van der Waals surface area contributed by atoms with E-state index in [2.05, 4.69) is 35.1 Å². The topological polar surface area (TPSA) is 34.0 Å². The molecule has 2 aromatic rings. The van der Waals surface area contributed by atoms with E-state index < -0.39 is 0 Å². The molecule has 3 heteroatoms. The molecule has 2 atom stereocenters. The Morgan fingerprint density at radius 1 is 1.30 bits per heavy atom. The molecule has 1 fully saturated rings. The molecule has 0 radical (unpaired) electrons. The lowest BCUT2D eigenvalue weighted by molar-refractivity contribution is -0.121. The number of hydrogen-bond donors (Lipinski definition) is 1. The summed E-state index contributed by atoms with van der Waals surface area (Å²) in [6, 6.07) is 8.69. The summed E-state index contributed by atoms with van der Waals surface area (Å²) in [6.45, 7) is 2.24. The number of nitrogens with zero attached hydrogens (tertiary/aromatic N) is 1. The normalized spacial score (nSPS) is 21.0. The second-order valence-corrected chi connectivity index (χ2v) is 6.97. The zero-order chi connectivity index (χ0) is 16.2. The molecule has 124 valence electrons. The highest BCUT2D eigenvalue weighted by molar-refractivity contribution is 5.89. The van der Waals surface area contributed by atoms with Crippen molar-refractivity contribution in [3.8, 4) is 0 Å². The van der Waals surface area contributed by atoms with Crippen molar-refractivity contribution in [3.63, 3.8) is 0 Å². The fraction of sp³-hybridized carbons (Fsp3) is 0.550. The molecule has 1 aliphatic carbocycles. The summed E-state index contributed by atoms with van der Waals surface area (Å²) in [5.74, 6) is 0.862. The largest absolute Gasteiger partial charge is 0.353 e. The highest BCUT2D eigenvalue weighted by Gasteiger charge is 2.28. The van der Waals surface area contributed by atoms with E-state index in [-0.39, 0.29) is 5.91 Å². The van der Waals surface area contributed by atoms with E-state index in [4.69, 9.17) is 0 Å². The Balaban J connectivity index is 1.64. The predicted octanol–water partition coefficient (Wildman–Crippen LogP) is 4.20. The van der Waals surface area contributed by atoms with Crippen LogP contribution in [-0.2, 0) is 18.3 Å². The molecule has 3 rings (SSSR count). The van der Waals surface area contributed by atoms with Crippen LogP contribution in [0.1, 0.15) is 51.0 Å². The number of carbonyl (C=O) groups is 1. The van der Waals surface area contributed by atoms with Crippen LogP contribution < -0.4 is 5.32 Å². The third-order valence-corrected chi connectivity index (χ3v) is 5.26. The van der Waals surface area contributed by atoms with E-state index in [1.165, 1.54) is 43.0 Å². The molecule has 3 nitrogen and oxygen atoms in total. The van der Waals surface area contributed by atoms with Crippen LogP contribution in [-0.4, -0.2) is 16.5 Å². The van der Waals surface area contributed by atoms with Gasteiger partial charge in [0.15, 0.2) is 0 Å². The Bertz CT molecular complexity index is 673. The first kappa shape index (κ1) is 16.1. The van der Waals surface area contributed by atoms with Gasteiger partial charge < -0.3 is 9.88 Å². The number of aromatic nitrogens is 1. The van der Waals surface area contributed by atoms with Crippen LogP contribution in [0.4, 0.5) is 0 Å². The van der Waals surface area contributed by atoms with Crippen LogP contribution >= 0.6 is 0 Å². The minimum atomic E-state index is 0.176. The van der Waals surface area contributed by atoms with Crippen LogP contribution in [0.5, 0.6) is 0 Å². The number of aryl methyl sites for hydroxylation is 1. The van der Waals surface area contributed by atoms with Gasteiger partial charge in [-0.05, 0) is 36.8 Å². The standard InChI is InChI=1S/C20H28N2O/c1-3-4-8-15-9-7-11-18(15)21-20(23)13-16-14-22(2)19-12-6-5-10-17(16)19/h5-6,10,12,14-15,18H,3-4,7-9,11,13H2,1-2H3,(H,21,23). The van der Waals surface area contributed by atoms with E-state index in [1.54, 1.807) is 0 Å². The molecule has 1 saturated carbocycles. The third-order valence-electron chi connectivity index (χ3n) is 5.26. The van der Waals surface area contributed by atoms with Gasteiger partial charge in [-0.3, -0.25) is 4.79 Å². The second-order valence-electron chi connectivity index (χ2n) is 6.97. The maximum Gasteiger partial charge on any atom is 0.224 e. The van der Waals surface area contributed by atoms with E-state index in [9.17, 15) is 4.79 Å². The van der Waals surface area contributed by atoms with Crippen molar-refractivity contribution in [2.45, 2.75) is 57.9 Å². The summed E-state index contributed by atoms with van der Waals surface area (Å²) < 4.78 is 2.11. The van der Waals surface area contributed by atoms with Crippen LogP contribution in [0, 0.1) is 5.92 Å². The Morgan fingerprint density at radius 3 is 2.96 bits per heavy atom. The summed E-state index contributed by atoms with van der Waals surface area (Å²) in [4.78, 5) is 12.5. The molecule has 0 spiro atoms. The van der Waals surface area contributed by atoms with E-state index in [1.807, 2.05) is 19.2 Å². The van der Waals surface area contributed by atoms with E-state index in [0.29, 0.717) is 18.4 Å². The van der Waals surface area contributed by atoms with Crippen molar-refractivity contribution in [3.05, 3.63) is 36.0 Å². The Kier molecular flexibility index (Phi) is 5.04. The molecule has 2 unspecified atom stereocenters. The average Bonchev–Trinajstić information content (AvgIpc) is 3.11. The molecular weight excluding hydrogens is 284 g/mol. The zero-order valence-corrected chi connectivity index (χ0v) is 14.3. The SMILES string of the molecule is CCCCC1CCCC1NC(=O)Cc1cn(C)c2ccccc12. The Hall–Kier alpha value is -1.77. The average molecular weight is 312 g/mol. The van der Waals surface area contributed by atoms with Gasteiger partial charge in [-0.15, -0.1) is 0 Å². The molecule has 0 aliphatic heterocycles. The third kappa shape index (κ3) is 3.60. The van der Waals surface area contributed by atoms with Crippen molar-refractivity contribution >= 4 is 16.8 Å². The molecule has 1 heterocycles. The van der Waals surface area contributed by atoms with Crippen molar-refractivity contribution in [2.75, 3.05) is 0 Å². The molecule has 1 N–H and O–H groups in total. The van der Waals surface area contributed by atoms with Crippen LogP contribution in [0.15, 0.2) is 30.5 Å². The maximum absolute atomic E-state index is 12.5. The van der Waals surface area contributed by atoms with Gasteiger partial charge in [0, 0.05) is 30.2 Å². The van der Waals surface area contributed by atoms with Crippen LogP contribution in [0.3, 0.4) is 0 Å². The fourth-order valence-electron chi connectivity index (χ4n) is 4.04. The molecule has 23 heavy (non-hydrogen) atoms. The van der Waals surface area contributed by atoms with Gasteiger partial charge >= 0.3 is 0 Å². The Morgan fingerprint density at radius 2 is 2.13 bits per heavy atom. The molecule has 1 aliphatic rings. The lowest BCUT2D eigenvalue weighted by Gasteiger charge is -2.20. The lowest BCUT2D eigenvalue weighted by atomic mass is 9.96. The first-order valence-electron chi connectivity index (χ1n) is 9.01. The van der Waals surface area contributed by atoms with Gasteiger partial charge in [-0.1, -0.05) is 44.4 Å². The summed E-state index contributed by atoms with van der Waals surface area (Å²) in [5.41, 5.74) is 2.32. The van der Waals surface area contributed by atoms with Gasteiger partial charge in [-0.2, -0.15) is 0 Å². The lowest BCUT2D eigenvalue weighted by Crippen LogP contribution is -2.38. The predicted molar refractivity (Wildman–Crippen MR) is 95.4 cm³/mol. The minimum absolute atomic E-state index is 0.176. The smallest absolute Gasteiger partial charge is 0.224 e. The van der Waals surface area contributed by atoms with Crippen molar-refractivity contribution in [1.29, 1.82) is 0 Å². The quantitative estimate of drug-likeness (QED) is 0.852. The maximum atomic E-state index is 12.5. The number of fused-ring (bicyclic) bond motifs is 1.